The predicted molar refractivity (Wildman–Crippen MR) is 46.4 cm³/mol. The Labute approximate surface area is 68.5 Å². The molecule has 1 nitrogen and oxygen atoms in total. The van der Waals surface area contributed by atoms with Crippen LogP contribution in [0, 0.1) is 5.41 Å². The van der Waals surface area contributed by atoms with Gasteiger partial charge >= 0.3 is 0 Å². The van der Waals surface area contributed by atoms with Crippen molar-refractivity contribution in [1.29, 1.82) is 0 Å². The van der Waals surface area contributed by atoms with Crippen molar-refractivity contribution < 1.29 is 4.79 Å². The molecule has 1 aliphatic carbocycles. The van der Waals surface area contributed by atoms with E-state index in [4.69, 9.17) is 0 Å². The Balaban J connectivity index is 2.84. The molecule has 1 atom stereocenters. The Morgan fingerprint density at radius 1 is 1.64 bits per heavy atom. The summed E-state index contributed by atoms with van der Waals surface area (Å²) in [5.74, 6) is 0.330. The first-order chi connectivity index (χ1) is 5.07. The van der Waals surface area contributed by atoms with Gasteiger partial charge in [0.25, 0.3) is 0 Å². The third-order valence-corrected chi connectivity index (χ3v) is 2.74. The van der Waals surface area contributed by atoms with Gasteiger partial charge in [0.1, 0.15) is 0 Å². The molecule has 0 fully saturated rings. The molecule has 1 unspecified atom stereocenters. The van der Waals surface area contributed by atoms with Gasteiger partial charge in [0.15, 0.2) is 5.78 Å². The molecule has 11 heavy (non-hydrogen) atoms. The average molecular weight is 152 g/mol. The van der Waals surface area contributed by atoms with E-state index < -0.39 is 0 Å². The smallest absolute Gasteiger partial charge is 0.158 e. The second-order valence-corrected chi connectivity index (χ2v) is 3.76. The Morgan fingerprint density at radius 3 is 2.73 bits per heavy atom. The Kier molecular flexibility index (Phi) is 2.17. The van der Waals surface area contributed by atoms with E-state index in [1.807, 2.05) is 6.92 Å². The van der Waals surface area contributed by atoms with Crippen molar-refractivity contribution in [3.8, 4) is 0 Å². The van der Waals surface area contributed by atoms with Crippen molar-refractivity contribution in [1.82, 2.24) is 0 Å². The average Bonchev–Trinajstić information content (AvgIpc) is 1.98. The lowest BCUT2D eigenvalue weighted by molar-refractivity contribution is -0.116. The fourth-order valence-electron chi connectivity index (χ4n) is 1.55. The Morgan fingerprint density at radius 2 is 2.27 bits per heavy atom. The fourth-order valence-corrected chi connectivity index (χ4v) is 1.55. The van der Waals surface area contributed by atoms with E-state index in [1.54, 1.807) is 0 Å². The molecule has 0 saturated heterocycles. The highest BCUT2D eigenvalue weighted by Gasteiger charge is 2.26. The van der Waals surface area contributed by atoms with Crippen molar-refractivity contribution in [2.24, 2.45) is 5.41 Å². The summed E-state index contributed by atoms with van der Waals surface area (Å²) in [5.41, 5.74) is 1.25. The first kappa shape index (κ1) is 8.51. The highest BCUT2D eigenvalue weighted by Crippen LogP contribution is 2.34. The zero-order valence-electron chi connectivity index (χ0n) is 7.61. The van der Waals surface area contributed by atoms with Gasteiger partial charge in [0.05, 0.1) is 0 Å². The maximum absolute atomic E-state index is 11.1. The lowest BCUT2D eigenvalue weighted by Gasteiger charge is -2.28. The van der Waals surface area contributed by atoms with E-state index in [0.717, 1.165) is 24.8 Å². The van der Waals surface area contributed by atoms with Crippen LogP contribution in [-0.4, -0.2) is 5.78 Å². The van der Waals surface area contributed by atoms with Crippen LogP contribution in [-0.2, 0) is 4.79 Å². The monoisotopic (exact) mass is 152 g/mol. The van der Waals surface area contributed by atoms with Crippen LogP contribution in [0.5, 0.6) is 0 Å². The van der Waals surface area contributed by atoms with Gasteiger partial charge in [-0.1, -0.05) is 19.9 Å². The lowest BCUT2D eigenvalue weighted by atomic mass is 9.76. The molecule has 0 aromatic rings. The molecular formula is C10H16O. The van der Waals surface area contributed by atoms with Crippen LogP contribution in [0.1, 0.15) is 40.0 Å². The molecule has 0 saturated carbocycles. The van der Waals surface area contributed by atoms with Gasteiger partial charge in [-0.2, -0.15) is 0 Å². The minimum atomic E-state index is 0.290. The minimum Gasteiger partial charge on any atom is -0.295 e. The fraction of sp³-hybridized carbons (Fsp3) is 0.700. The number of ketones is 1. The molecule has 0 aromatic heterocycles. The summed E-state index contributed by atoms with van der Waals surface area (Å²) < 4.78 is 0. The van der Waals surface area contributed by atoms with Gasteiger partial charge in [-0.25, -0.2) is 0 Å². The van der Waals surface area contributed by atoms with Crippen molar-refractivity contribution in [3.05, 3.63) is 11.6 Å². The van der Waals surface area contributed by atoms with Crippen molar-refractivity contribution in [2.75, 3.05) is 0 Å². The van der Waals surface area contributed by atoms with E-state index in [-0.39, 0.29) is 5.41 Å². The molecule has 0 bridgehead atoms. The predicted octanol–water partition coefficient (Wildman–Crippen LogP) is 2.71. The van der Waals surface area contributed by atoms with Gasteiger partial charge < -0.3 is 0 Å². The summed E-state index contributed by atoms with van der Waals surface area (Å²) in [6.45, 7) is 6.33. The Hall–Kier alpha value is -0.590. The van der Waals surface area contributed by atoms with Crippen LogP contribution in [0.15, 0.2) is 11.6 Å². The summed E-state index contributed by atoms with van der Waals surface area (Å²) >= 11 is 0. The number of hydrogen-bond acceptors (Lipinski definition) is 1. The summed E-state index contributed by atoms with van der Waals surface area (Å²) in [7, 11) is 0. The van der Waals surface area contributed by atoms with Crippen molar-refractivity contribution >= 4 is 5.78 Å². The third-order valence-electron chi connectivity index (χ3n) is 2.74. The van der Waals surface area contributed by atoms with E-state index in [9.17, 15) is 4.79 Å². The minimum absolute atomic E-state index is 0.290. The highest BCUT2D eigenvalue weighted by atomic mass is 16.1. The van der Waals surface area contributed by atoms with Crippen LogP contribution < -0.4 is 0 Å². The maximum Gasteiger partial charge on any atom is 0.158 e. The van der Waals surface area contributed by atoms with Gasteiger partial charge in [-0.3, -0.25) is 4.79 Å². The molecular weight excluding hydrogens is 136 g/mol. The summed E-state index contributed by atoms with van der Waals surface area (Å²) in [5, 5.41) is 0. The summed E-state index contributed by atoms with van der Waals surface area (Å²) in [6, 6.07) is 0. The van der Waals surface area contributed by atoms with Gasteiger partial charge in [0.2, 0.25) is 0 Å². The molecule has 62 valence electrons. The van der Waals surface area contributed by atoms with E-state index in [0.29, 0.717) is 5.78 Å². The zero-order chi connectivity index (χ0) is 8.48. The van der Waals surface area contributed by atoms with Crippen molar-refractivity contribution in [3.63, 3.8) is 0 Å². The molecule has 1 rings (SSSR count). The molecule has 0 heterocycles. The number of rotatable bonds is 1. The maximum atomic E-state index is 11.1. The summed E-state index contributed by atoms with van der Waals surface area (Å²) in [6.07, 6.45) is 5.04. The summed E-state index contributed by atoms with van der Waals surface area (Å²) in [4.78, 5) is 11.1. The quantitative estimate of drug-likeness (QED) is 0.564. The van der Waals surface area contributed by atoms with Crippen molar-refractivity contribution in [2.45, 2.75) is 40.0 Å². The van der Waals surface area contributed by atoms with Crippen LogP contribution in [0.2, 0.25) is 0 Å². The molecule has 0 spiro atoms. The standard InChI is InChI=1S/C10H16O/c1-4-10(3)6-5-9(11)8(2)7-10/h7H,4-6H2,1-3H3. The van der Waals surface area contributed by atoms with Gasteiger partial charge in [0, 0.05) is 6.42 Å². The SMILES string of the molecule is CCC1(C)C=C(C)C(=O)CC1. The van der Waals surface area contributed by atoms with Crippen LogP contribution in [0.25, 0.3) is 0 Å². The first-order valence-electron chi connectivity index (χ1n) is 4.30. The second kappa shape index (κ2) is 2.80. The number of hydrogen-bond donors (Lipinski definition) is 0. The zero-order valence-corrected chi connectivity index (χ0v) is 7.61. The van der Waals surface area contributed by atoms with Crippen LogP contribution in [0.3, 0.4) is 0 Å². The molecule has 0 amide bonds. The van der Waals surface area contributed by atoms with E-state index >= 15 is 0 Å². The molecule has 0 aliphatic heterocycles. The molecule has 1 aliphatic rings. The van der Waals surface area contributed by atoms with Crippen LogP contribution >= 0.6 is 0 Å². The number of allylic oxidation sites excluding steroid dienone is 2. The molecule has 1 heteroatoms. The first-order valence-corrected chi connectivity index (χ1v) is 4.30. The lowest BCUT2D eigenvalue weighted by Crippen LogP contribution is -2.20. The third kappa shape index (κ3) is 1.70. The topological polar surface area (TPSA) is 17.1 Å². The number of Topliss-reactive ketones (excluding diaryl/α,β-unsaturated/α-hetero) is 1. The van der Waals surface area contributed by atoms with E-state index in [1.165, 1.54) is 0 Å². The molecule has 0 aromatic carbocycles. The molecule has 0 N–H and O–H groups in total. The highest BCUT2D eigenvalue weighted by molar-refractivity contribution is 5.95. The number of carbonyl (C=O) groups excluding carboxylic acids is 1. The van der Waals surface area contributed by atoms with Gasteiger partial charge in [-0.15, -0.1) is 0 Å². The van der Waals surface area contributed by atoms with Crippen LogP contribution in [0.4, 0.5) is 0 Å². The Bertz CT molecular complexity index is 203. The molecule has 0 radical (unpaired) electrons. The second-order valence-electron chi connectivity index (χ2n) is 3.76. The largest absolute Gasteiger partial charge is 0.295 e. The normalized spacial score (nSPS) is 31.9. The van der Waals surface area contributed by atoms with E-state index in [2.05, 4.69) is 19.9 Å². The van der Waals surface area contributed by atoms with Gasteiger partial charge in [-0.05, 0) is 30.8 Å². The number of carbonyl (C=O) groups is 1.